The number of aromatic nitrogens is 1. The van der Waals surface area contributed by atoms with Crippen molar-refractivity contribution in [3.8, 4) is 0 Å². The second-order valence-corrected chi connectivity index (χ2v) is 4.48. The minimum Gasteiger partial charge on any atom is -0.481 e. The molecule has 0 bridgehead atoms. The van der Waals surface area contributed by atoms with Crippen LogP contribution in [0.1, 0.15) is 24.3 Å². The van der Waals surface area contributed by atoms with Crippen LogP contribution in [0.5, 0.6) is 0 Å². The summed E-state index contributed by atoms with van der Waals surface area (Å²) in [5, 5.41) is 15.0. The molecule has 0 aliphatic rings. The first-order chi connectivity index (χ1) is 10.0. The minimum absolute atomic E-state index is 0.0508. The molecule has 0 fully saturated rings. The summed E-state index contributed by atoms with van der Waals surface area (Å²) in [5.41, 5.74) is 0.592. The number of carboxylic acid groups (broad SMARTS) is 1. The second kappa shape index (κ2) is 6.65. The highest BCUT2D eigenvalue weighted by Crippen LogP contribution is 2.24. The zero-order valence-corrected chi connectivity index (χ0v) is 11.0. The molecule has 0 spiro atoms. The maximum Gasteiger partial charge on any atom is 0.303 e. The summed E-state index contributed by atoms with van der Waals surface area (Å²) in [7, 11) is 0. The van der Waals surface area contributed by atoms with Crippen LogP contribution >= 0.6 is 0 Å². The Labute approximate surface area is 119 Å². The van der Waals surface area contributed by atoms with E-state index in [0.717, 1.165) is 0 Å². The van der Waals surface area contributed by atoms with E-state index < -0.39 is 17.7 Å². The number of amides is 1. The highest BCUT2D eigenvalue weighted by molar-refractivity contribution is 5.90. The monoisotopic (exact) mass is 292 g/mol. The summed E-state index contributed by atoms with van der Waals surface area (Å²) >= 11 is 0. The van der Waals surface area contributed by atoms with Crippen molar-refractivity contribution in [1.82, 2.24) is 5.16 Å². The SMILES string of the molecule is O=C(O)C[C@@H](CC(=O)Nc1ccon1)c1ccc(F)cc1. The minimum atomic E-state index is -1.03. The third-order valence-corrected chi connectivity index (χ3v) is 2.90. The van der Waals surface area contributed by atoms with Crippen molar-refractivity contribution in [2.45, 2.75) is 18.8 Å². The molecule has 1 amide bonds. The van der Waals surface area contributed by atoms with Crippen LogP contribution in [-0.4, -0.2) is 22.1 Å². The first kappa shape index (κ1) is 14.7. The van der Waals surface area contributed by atoms with Crippen LogP contribution in [0.4, 0.5) is 10.2 Å². The van der Waals surface area contributed by atoms with Gasteiger partial charge in [-0.25, -0.2) is 4.39 Å². The summed E-state index contributed by atoms with van der Waals surface area (Å²) in [6, 6.07) is 6.90. The molecule has 1 heterocycles. The molecule has 0 aliphatic heterocycles. The molecule has 7 heteroatoms. The van der Waals surface area contributed by atoms with Crippen molar-refractivity contribution in [2.24, 2.45) is 0 Å². The normalized spacial score (nSPS) is 11.9. The highest BCUT2D eigenvalue weighted by Gasteiger charge is 2.20. The van der Waals surface area contributed by atoms with Crippen LogP contribution in [0.2, 0.25) is 0 Å². The van der Waals surface area contributed by atoms with E-state index in [1.807, 2.05) is 0 Å². The third-order valence-electron chi connectivity index (χ3n) is 2.90. The molecular formula is C14H13FN2O4. The molecule has 1 aromatic carbocycles. The van der Waals surface area contributed by atoms with E-state index >= 15 is 0 Å². The van der Waals surface area contributed by atoms with Gasteiger partial charge in [0.1, 0.15) is 12.1 Å². The number of rotatable bonds is 6. The van der Waals surface area contributed by atoms with E-state index in [1.54, 1.807) is 0 Å². The number of carbonyl (C=O) groups is 2. The molecule has 0 aliphatic carbocycles. The quantitative estimate of drug-likeness (QED) is 0.852. The van der Waals surface area contributed by atoms with Gasteiger partial charge in [-0.05, 0) is 17.7 Å². The van der Waals surface area contributed by atoms with Gasteiger partial charge in [0.2, 0.25) is 5.91 Å². The molecule has 0 radical (unpaired) electrons. The van der Waals surface area contributed by atoms with E-state index in [-0.39, 0.29) is 24.6 Å². The zero-order valence-electron chi connectivity index (χ0n) is 11.0. The van der Waals surface area contributed by atoms with Gasteiger partial charge in [-0.2, -0.15) is 0 Å². The van der Waals surface area contributed by atoms with Crippen molar-refractivity contribution >= 4 is 17.7 Å². The predicted octanol–water partition coefficient (Wildman–Crippen LogP) is 2.40. The summed E-state index contributed by atoms with van der Waals surface area (Å²) in [5.74, 6) is -2.12. The van der Waals surface area contributed by atoms with Crippen molar-refractivity contribution in [3.05, 3.63) is 48.0 Å². The third kappa shape index (κ3) is 4.41. The first-order valence-electron chi connectivity index (χ1n) is 6.22. The number of hydrogen-bond donors (Lipinski definition) is 2. The Morgan fingerprint density at radius 3 is 2.52 bits per heavy atom. The maximum atomic E-state index is 12.9. The van der Waals surface area contributed by atoms with Crippen molar-refractivity contribution in [1.29, 1.82) is 0 Å². The fourth-order valence-corrected chi connectivity index (χ4v) is 1.95. The van der Waals surface area contributed by atoms with Crippen molar-refractivity contribution < 1.29 is 23.6 Å². The van der Waals surface area contributed by atoms with E-state index in [0.29, 0.717) is 5.56 Å². The van der Waals surface area contributed by atoms with Gasteiger partial charge in [0.15, 0.2) is 5.82 Å². The number of nitrogens with one attached hydrogen (secondary N) is 1. The van der Waals surface area contributed by atoms with Crippen LogP contribution < -0.4 is 5.32 Å². The van der Waals surface area contributed by atoms with Gasteiger partial charge in [-0.3, -0.25) is 9.59 Å². The molecular weight excluding hydrogens is 279 g/mol. The van der Waals surface area contributed by atoms with Gasteiger partial charge in [0.05, 0.1) is 6.42 Å². The lowest BCUT2D eigenvalue weighted by atomic mass is 9.92. The van der Waals surface area contributed by atoms with E-state index in [9.17, 15) is 14.0 Å². The van der Waals surface area contributed by atoms with Crippen LogP contribution in [0.15, 0.2) is 41.1 Å². The zero-order chi connectivity index (χ0) is 15.2. The number of carboxylic acids is 1. The largest absolute Gasteiger partial charge is 0.481 e. The van der Waals surface area contributed by atoms with Crippen LogP contribution in [0, 0.1) is 5.82 Å². The van der Waals surface area contributed by atoms with Gasteiger partial charge < -0.3 is 14.9 Å². The van der Waals surface area contributed by atoms with Crippen molar-refractivity contribution in [3.63, 3.8) is 0 Å². The van der Waals surface area contributed by atoms with E-state index in [1.165, 1.54) is 36.6 Å². The van der Waals surface area contributed by atoms with Gasteiger partial charge in [-0.1, -0.05) is 17.3 Å². The number of halogens is 1. The molecule has 110 valence electrons. The molecule has 1 aromatic heterocycles. The number of nitrogens with zero attached hydrogens (tertiary/aromatic N) is 1. The molecule has 1 atom stereocenters. The molecule has 6 nitrogen and oxygen atoms in total. The standard InChI is InChI=1S/C14H13FN2O4/c15-11-3-1-9(2-4-11)10(8-14(19)20)7-13(18)16-12-5-6-21-17-12/h1-6,10H,7-8H2,(H,19,20)(H,16,17,18)/t10-/m1/s1. The fraction of sp³-hybridized carbons (Fsp3) is 0.214. The number of anilines is 1. The lowest BCUT2D eigenvalue weighted by molar-refractivity contribution is -0.137. The Kier molecular flexibility index (Phi) is 4.65. The van der Waals surface area contributed by atoms with E-state index in [4.69, 9.17) is 5.11 Å². The lowest BCUT2D eigenvalue weighted by Crippen LogP contribution is -2.18. The Hall–Kier alpha value is -2.70. The highest BCUT2D eigenvalue weighted by atomic mass is 19.1. The molecule has 21 heavy (non-hydrogen) atoms. The summed E-state index contributed by atoms with van der Waals surface area (Å²) in [6.07, 6.45) is 1.03. The summed E-state index contributed by atoms with van der Waals surface area (Å²) < 4.78 is 17.5. The topological polar surface area (TPSA) is 92.4 Å². The van der Waals surface area contributed by atoms with Gasteiger partial charge in [-0.15, -0.1) is 0 Å². The molecule has 2 N–H and O–H groups in total. The number of hydrogen-bond acceptors (Lipinski definition) is 4. The lowest BCUT2D eigenvalue weighted by Gasteiger charge is -2.14. The predicted molar refractivity (Wildman–Crippen MR) is 71.1 cm³/mol. The van der Waals surface area contributed by atoms with Gasteiger partial charge >= 0.3 is 5.97 Å². The summed E-state index contributed by atoms with van der Waals surface area (Å²) in [6.45, 7) is 0. The molecule has 0 saturated carbocycles. The smallest absolute Gasteiger partial charge is 0.303 e. The number of benzene rings is 1. The average Bonchev–Trinajstić information content (AvgIpc) is 2.91. The van der Waals surface area contributed by atoms with Gasteiger partial charge in [0.25, 0.3) is 0 Å². The Balaban J connectivity index is 2.07. The molecule has 2 rings (SSSR count). The fourth-order valence-electron chi connectivity index (χ4n) is 1.95. The maximum absolute atomic E-state index is 12.9. The van der Waals surface area contributed by atoms with E-state index in [2.05, 4.69) is 15.0 Å². The Bertz CT molecular complexity index is 610. The van der Waals surface area contributed by atoms with Crippen LogP contribution in [0.25, 0.3) is 0 Å². The first-order valence-corrected chi connectivity index (χ1v) is 6.22. The van der Waals surface area contributed by atoms with Crippen LogP contribution in [0.3, 0.4) is 0 Å². The average molecular weight is 292 g/mol. The molecule has 0 saturated heterocycles. The molecule has 0 unspecified atom stereocenters. The van der Waals surface area contributed by atoms with Crippen molar-refractivity contribution in [2.75, 3.05) is 5.32 Å². The number of aliphatic carboxylic acids is 1. The van der Waals surface area contributed by atoms with Gasteiger partial charge in [0, 0.05) is 18.4 Å². The Morgan fingerprint density at radius 2 is 1.95 bits per heavy atom. The number of carbonyl (C=O) groups excluding carboxylic acids is 1. The van der Waals surface area contributed by atoms with Crippen LogP contribution in [-0.2, 0) is 9.59 Å². The molecule has 2 aromatic rings. The Morgan fingerprint density at radius 1 is 1.24 bits per heavy atom. The second-order valence-electron chi connectivity index (χ2n) is 4.48. The summed E-state index contributed by atoms with van der Waals surface area (Å²) in [4.78, 5) is 22.8.